The summed E-state index contributed by atoms with van der Waals surface area (Å²) >= 11 is 1.49. The Balaban J connectivity index is 2.17. The molecule has 0 radical (unpaired) electrons. The second-order valence-electron chi connectivity index (χ2n) is 5.51. The van der Waals surface area contributed by atoms with Gasteiger partial charge in [0.05, 0.1) is 17.6 Å². The molecule has 0 saturated carbocycles. The lowest BCUT2D eigenvalue weighted by Gasteiger charge is -2.31. The molecule has 0 aromatic carbocycles. The maximum atomic E-state index is 12.8. The van der Waals surface area contributed by atoms with Gasteiger partial charge >= 0.3 is 0 Å². The summed E-state index contributed by atoms with van der Waals surface area (Å²) in [4.78, 5) is 1.32. The first-order valence-electron chi connectivity index (χ1n) is 7.36. The number of thiophene rings is 1. The summed E-state index contributed by atoms with van der Waals surface area (Å²) < 4.78 is 32.8. The molecule has 0 spiro atoms. The lowest BCUT2D eigenvalue weighted by Crippen LogP contribution is -2.45. The monoisotopic (exact) mass is 332 g/mol. The highest BCUT2D eigenvalue weighted by Gasteiger charge is 2.32. The van der Waals surface area contributed by atoms with Gasteiger partial charge in [-0.1, -0.05) is 20.8 Å². The molecule has 1 saturated heterocycles. The van der Waals surface area contributed by atoms with E-state index in [0.717, 1.165) is 11.3 Å². The minimum absolute atomic E-state index is 0.00407. The molecule has 120 valence electrons. The molecule has 2 heterocycles. The standard InChI is InChI=1S/C14H24N2O3S2/c1-4-12-10-16(6-7-19-12)21(17,18)14-5-8-20-13(14)9-15-11(2)3/h5,8,11-12,15H,4,6-7,9-10H2,1-3H3. The number of nitrogens with one attached hydrogen (secondary N) is 1. The van der Waals surface area contributed by atoms with Gasteiger partial charge in [0.1, 0.15) is 0 Å². The van der Waals surface area contributed by atoms with Gasteiger partial charge in [-0.15, -0.1) is 11.3 Å². The highest BCUT2D eigenvalue weighted by Crippen LogP contribution is 2.26. The van der Waals surface area contributed by atoms with E-state index in [4.69, 9.17) is 4.74 Å². The number of sulfonamides is 1. The SMILES string of the molecule is CCC1CN(S(=O)(=O)c2ccsc2CNC(C)C)CCO1. The first-order chi connectivity index (χ1) is 9.95. The van der Waals surface area contributed by atoms with Gasteiger partial charge in [0.15, 0.2) is 0 Å². The van der Waals surface area contributed by atoms with Crippen LogP contribution in [-0.4, -0.2) is 44.6 Å². The Bertz CT molecular complexity index is 554. The smallest absolute Gasteiger partial charge is 0.244 e. The number of rotatable bonds is 6. The lowest BCUT2D eigenvalue weighted by molar-refractivity contribution is -0.00278. The van der Waals surface area contributed by atoms with Gasteiger partial charge in [-0.2, -0.15) is 4.31 Å². The van der Waals surface area contributed by atoms with Gasteiger partial charge < -0.3 is 10.1 Å². The van der Waals surface area contributed by atoms with E-state index in [0.29, 0.717) is 37.2 Å². The highest BCUT2D eigenvalue weighted by molar-refractivity contribution is 7.89. The molecule has 1 aliphatic heterocycles. The van der Waals surface area contributed by atoms with E-state index >= 15 is 0 Å². The third-order valence-corrected chi connectivity index (χ3v) is 6.55. The van der Waals surface area contributed by atoms with Crippen LogP contribution in [0.25, 0.3) is 0 Å². The molecule has 1 fully saturated rings. The predicted molar refractivity (Wildman–Crippen MR) is 85.1 cm³/mol. The van der Waals surface area contributed by atoms with Crippen molar-refractivity contribution in [1.29, 1.82) is 0 Å². The summed E-state index contributed by atoms with van der Waals surface area (Å²) in [6.45, 7) is 8.07. The molecule has 1 atom stereocenters. The number of ether oxygens (including phenoxy) is 1. The van der Waals surface area contributed by atoms with Crippen LogP contribution in [0.2, 0.25) is 0 Å². The maximum absolute atomic E-state index is 12.8. The number of morpholine rings is 1. The minimum atomic E-state index is -3.42. The van der Waals surface area contributed by atoms with E-state index < -0.39 is 10.0 Å². The Kier molecular flexibility index (Phi) is 5.79. The summed E-state index contributed by atoms with van der Waals surface area (Å²) in [6, 6.07) is 2.05. The van der Waals surface area contributed by atoms with Crippen LogP contribution in [0.4, 0.5) is 0 Å². The molecule has 0 aliphatic carbocycles. The second-order valence-corrected chi connectivity index (χ2v) is 8.41. The van der Waals surface area contributed by atoms with Crippen LogP contribution in [-0.2, 0) is 21.3 Å². The van der Waals surface area contributed by atoms with Crippen molar-refractivity contribution in [1.82, 2.24) is 9.62 Å². The zero-order valence-electron chi connectivity index (χ0n) is 12.8. The van der Waals surface area contributed by atoms with Gasteiger partial charge in [0.25, 0.3) is 0 Å². The molecule has 0 bridgehead atoms. The van der Waals surface area contributed by atoms with Crippen LogP contribution in [0.1, 0.15) is 32.1 Å². The van der Waals surface area contributed by atoms with Crippen molar-refractivity contribution in [3.05, 3.63) is 16.3 Å². The fourth-order valence-electron chi connectivity index (χ4n) is 2.28. The van der Waals surface area contributed by atoms with E-state index in [1.165, 1.54) is 11.3 Å². The number of hydrogen-bond acceptors (Lipinski definition) is 5. The summed E-state index contributed by atoms with van der Waals surface area (Å²) in [7, 11) is -3.42. The molecule has 0 amide bonds. The number of hydrogen-bond donors (Lipinski definition) is 1. The van der Waals surface area contributed by atoms with Gasteiger partial charge in [-0.25, -0.2) is 8.42 Å². The predicted octanol–water partition coefficient (Wildman–Crippen LogP) is 2.05. The van der Waals surface area contributed by atoms with Crippen LogP contribution < -0.4 is 5.32 Å². The summed E-state index contributed by atoms with van der Waals surface area (Å²) in [5, 5.41) is 5.14. The van der Waals surface area contributed by atoms with Crippen molar-refractivity contribution in [2.24, 2.45) is 0 Å². The van der Waals surface area contributed by atoms with Crippen molar-refractivity contribution in [2.75, 3.05) is 19.7 Å². The van der Waals surface area contributed by atoms with Crippen LogP contribution in [0.3, 0.4) is 0 Å². The van der Waals surface area contributed by atoms with Gasteiger partial charge in [-0.3, -0.25) is 0 Å². The topological polar surface area (TPSA) is 58.6 Å². The zero-order chi connectivity index (χ0) is 15.5. The van der Waals surface area contributed by atoms with E-state index in [-0.39, 0.29) is 6.10 Å². The van der Waals surface area contributed by atoms with Crippen molar-refractivity contribution in [3.8, 4) is 0 Å². The molecule has 7 heteroatoms. The van der Waals surface area contributed by atoms with Crippen molar-refractivity contribution < 1.29 is 13.2 Å². The van der Waals surface area contributed by atoms with Crippen LogP contribution >= 0.6 is 11.3 Å². The average molecular weight is 332 g/mol. The van der Waals surface area contributed by atoms with Crippen molar-refractivity contribution in [2.45, 2.75) is 50.8 Å². The van der Waals surface area contributed by atoms with E-state index in [1.807, 2.05) is 12.3 Å². The fraction of sp³-hybridized carbons (Fsp3) is 0.714. The first kappa shape index (κ1) is 16.9. The van der Waals surface area contributed by atoms with Crippen LogP contribution in [0, 0.1) is 0 Å². The molecule has 1 N–H and O–H groups in total. The molecule has 21 heavy (non-hydrogen) atoms. The molecule has 2 rings (SSSR count). The van der Waals surface area contributed by atoms with Crippen molar-refractivity contribution >= 4 is 21.4 Å². The Labute approximate surface area is 131 Å². The Hall–Kier alpha value is -0.470. The molecule has 1 aromatic rings. The first-order valence-corrected chi connectivity index (χ1v) is 9.68. The Morgan fingerprint density at radius 1 is 1.52 bits per heavy atom. The fourth-order valence-corrected chi connectivity index (χ4v) is 5.10. The van der Waals surface area contributed by atoms with Gasteiger partial charge in [0.2, 0.25) is 10.0 Å². The lowest BCUT2D eigenvalue weighted by atomic mass is 10.2. The van der Waals surface area contributed by atoms with Crippen molar-refractivity contribution in [3.63, 3.8) is 0 Å². The minimum Gasteiger partial charge on any atom is -0.375 e. The molecule has 1 aliphatic rings. The quantitative estimate of drug-likeness (QED) is 0.866. The average Bonchev–Trinajstić information content (AvgIpc) is 2.94. The molecular formula is C14H24N2O3S2. The largest absolute Gasteiger partial charge is 0.375 e. The maximum Gasteiger partial charge on any atom is 0.244 e. The van der Waals surface area contributed by atoms with Gasteiger partial charge in [0, 0.05) is 30.6 Å². The summed E-state index contributed by atoms with van der Waals surface area (Å²) in [5.74, 6) is 0. The highest BCUT2D eigenvalue weighted by atomic mass is 32.2. The summed E-state index contributed by atoms with van der Waals surface area (Å²) in [5.41, 5.74) is 0. The van der Waals surface area contributed by atoms with Gasteiger partial charge in [-0.05, 0) is 17.9 Å². The molecule has 5 nitrogen and oxygen atoms in total. The normalized spacial score (nSPS) is 21.0. The third kappa shape index (κ3) is 4.04. The van der Waals surface area contributed by atoms with Crippen LogP contribution in [0.15, 0.2) is 16.3 Å². The second kappa shape index (κ2) is 7.19. The third-order valence-electron chi connectivity index (χ3n) is 3.55. The zero-order valence-corrected chi connectivity index (χ0v) is 14.5. The number of nitrogens with zero attached hydrogens (tertiary/aromatic N) is 1. The van der Waals surface area contributed by atoms with E-state index in [2.05, 4.69) is 19.2 Å². The van der Waals surface area contributed by atoms with E-state index in [9.17, 15) is 8.42 Å². The molecular weight excluding hydrogens is 308 g/mol. The summed E-state index contributed by atoms with van der Waals surface area (Å²) in [6.07, 6.45) is 0.835. The van der Waals surface area contributed by atoms with E-state index in [1.54, 1.807) is 10.4 Å². The Morgan fingerprint density at radius 3 is 2.95 bits per heavy atom. The van der Waals surface area contributed by atoms with Crippen LogP contribution in [0.5, 0.6) is 0 Å². The Morgan fingerprint density at radius 2 is 2.29 bits per heavy atom. The molecule has 1 aromatic heterocycles. The molecule has 1 unspecified atom stereocenters.